The monoisotopic (exact) mass is 601 g/mol. The Morgan fingerprint density at radius 2 is 1.95 bits per heavy atom. The van der Waals surface area contributed by atoms with Gasteiger partial charge in [0, 0.05) is 24.2 Å². The molecule has 0 unspecified atom stereocenters. The summed E-state index contributed by atoms with van der Waals surface area (Å²) in [5.74, 6) is -4.81. The fraction of sp³-hybridized carbons (Fsp3) is 0.303. The molecule has 44 heavy (non-hydrogen) atoms. The number of nitro benzene ring substituents is 1. The summed E-state index contributed by atoms with van der Waals surface area (Å²) in [6.07, 6.45) is 3.47. The molecular weight excluding hydrogens is 569 g/mol. The van der Waals surface area contributed by atoms with Crippen molar-refractivity contribution in [2.45, 2.75) is 38.7 Å². The van der Waals surface area contributed by atoms with E-state index in [2.05, 4.69) is 4.98 Å². The molecule has 1 fully saturated rings. The van der Waals surface area contributed by atoms with Crippen molar-refractivity contribution < 1.29 is 34.2 Å². The first kappa shape index (κ1) is 30.7. The normalized spacial score (nSPS) is 21.0. The minimum atomic E-state index is -1.07. The summed E-state index contributed by atoms with van der Waals surface area (Å²) in [6.45, 7) is 1.41. The van der Waals surface area contributed by atoms with Crippen LogP contribution in [0.2, 0.25) is 0 Å². The summed E-state index contributed by atoms with van der Waals surface area (Å²) in [6, 6.07) is 14.7. The third-order valence-electron chi connectivity index (χ3n) is 8.46. The molecule has 3 aromatic rings. The molecule has 2 amide bonds. The van der Waals surface area contributed by atoms with Crippen LogP contribution in [-0.2, 0) is 9.59 Å². The molecule has 0 bridgehead atoms. The number of hydrogen-bond acceptors (Lipinski definition) is 8. The number of halogens is 1. The second-order valence-corrected chi connectivity index (χ2v) is 11.0. The van der Waals surface area contributed by atoms with Gasteiger partial charge in [0.05, 0.1) is 40.9 Å². The zero-order valence-corrected chi connectivity index (χ0v) is 24.0. The van der Waals surface area contributed by atoms with E-state index in [0.717, 1.165) is 10.5 Å². The summed E-state index contributed by atoms with van der Waals surface area (Å²) in [4.78, 5) is 43.4. The SMILES string of the molecule is CCC1=C([C@H](O)CC/C(=C/c2ccc(O)c(F)c2)c2ccccn2)[C@H](CO)[C@@H]2C(=O)N(c3cccc([N+](=O)[O-])c3)C(=O)[C@@H]2C1. The number of hydrogen-bond donors (Lipinski definition) is 3. The third-order valence-corrected chi connectivity index (χ3v) is 8.46. The van der Waals surface area contributed by atoms with E-state index < -0.39 is 58.8 Å². The molecule has 2 aliphatic rings. The van der Waals surface area contributed by atoms with E-state index >= 15 is 0 Å². The zero-order chi connectivity index (χ0) is 31.5. The molecule has 3 N–H and O–H groups in total. The second kappa shape index (κ2) is 12.9. The van der Waals surface area contributed by atoms with Gasteiger partial charge in [-0.05, 0) is 78.8 Å². The van der Waals surface area contributed by atoms with Gasteiger partial charge in [-0.25, -0.2) is 9.29 Å². The number of amides is 2. The van der Waals surface area contributed by atoms with Crippen molar-refractivity contribution in [2.75, 3.05) is 11.5 Å². The van der Waals surface area contributed by atoms with E-state index in [4.69, 9.17) is 0 Å². The van der Waals surface area contributed by atoms with Gasteiger partial charge in [-0.3, -0.25) is 24.7 Å². The Labute approximate surface area is 252 Å². The predicted molar refractivity (Wildman–Crippen MR) is 160 cm³/mol. The van der Waals surface area contributed by atoms with Gasteiger partial charge in [0.15, 0.2) is 11.6 Å². The van der Waals surface area contributed by atoms with Gasteiger partial charge in [-0.2, -0.15) is 0 Å². The van der Waals surface area contributed by atoms with Crippen LogP contribution in [0.15, 0.2) is 78.0 Å². The van der Waals surface area contributed by atoms with Gasteiger partial charge in [0.2, 0.25) is 11.8 Å². The van der Waals surface area contributed by atoms with Crippen molar-refractivity contribution in [2.24, 2.45) is 17.8 Å². The van der Waals surface area contributed by atoms with E-state index in [1.165, 1.54) is 36.4 Å². The van der Waals surface area contributed by atoms with Gasteiger partial charge in [0.25, 0.3) is 5.69 Å². The number of aromatic hydroxyl groups is 1. The van der Waals surface area contributed by atoms with Crippen LogP contribution in [0.4, 0.5) is 15.8 Å². The lowest BCUT2D eigenvalue weighted by Gasteiger charge is -2.36. The van der Waals surface area contributed by atoms with E-state index in [1.54, 1.807) is 36.5 Å². The number of pyridine rings is 1. The summed E-state index contributed by atoms with van der Waals surface area (Å²) >= 11 is 0. The molecule has 4 atom stereocenters. The number of anilines is 1. The molecule has 228 valence electrons. The predicted octanol–water partition coefficient (Wildman–Crippen LogP) is 5.04. The van der Waals surface area contributed by atoms with Crippen LogP contribution in [0.25, 0.3) is 11.6 Å². The first-order valence-corrected chi connectivity index (χ1v) is 14.4. The molecule has 0 saturated carbocycles. The van der Waals surface area contributed by atoms with Crippen molar-refractivity contribution in [1.29, 1.82) is 0 Å². The highest BCUT2D eigenvalue weighted by atomic mass is 19.1. The minimum Gasteiger partial charge on any atom is -0.505 e. The van der Waals surface area contributed by atoms with Gasteiger partial charge in [0.1, 0.15) is 0 Å². The molecule has 0 radical (unpaired) electrons. The van der Waals surface area contributed by atoms with E-state index in [0.29, 0.717) is 35.2 Å². The Morgan fingerprint density at radius 3 is 2.61 bits per heavy atom. The number of phenols is 1. The maximum Gasteiger partial charge on any atom is 0.271 e. The van der Waals surface area contributed by atoms with Crippen molar-refractivity contribution in [1.82, 2.24) is 4.98 Å². The number of aliphatic hydroxyl groups is 2. The van der Waals surface area contributed by atoms with Crippen molar-refractivity contribution >= 4 is 34.8 Å². The molecule has 2 heterocycles. The Hall–Kier alpha value is -4.74. The Morgan fingerprint density at radius 1 is 1.16 bits per heavy atom. The number of non-ortho nitro benzene ring substituents is 1. The molecule has 5 rings (SSSR count). The molecule has 2 aromatic carbocycles. The second-order valence-electron chi connectivity index (χ2n) is 11.0. The number of rotatable bonds is 10. The van der Waals surface area contributed by atoms with Crippen molar-refractivity contribution in [3.8, 4) is 5.75 Å². The average molecular weight is 602 g/mol. The number of carbonyl (C=O) groups excluding carboxylic acids is 2. The number of allylic oxidation sites excluding steroid dienone is 2. The molecule has 1 saturated heterocycles. The van der Waals surface area contributed by atoms with Crippen LogP contribution in [0.5, 0.6) is 5.75 Å². The van der Waals surface area contributed by atoms with Crippen molar-refractivity contribution in [3.05, 3.63) is 105 Å². The number of nitro groups is 1. The number of fused-ring (bicyclic) bond motifs is 1. The number of imide groups is 1. The van der Waals surface area contributed by atoms with Gasteiger partial charge >= 0.3 is 0 Å². The molecular formula is C33H32FN3O7. The molecule has 1 aliphatic heterocycles. The largest absolute Gasteiger partial charge is 0.505 e. The average Bonchev–Trinajstić information content (AvgIpc) is 3.28. The molecule has 1 aliphatic carbocycles. The summed E-state index contributed by atoms with van der Waals surface area (Å²) < 4.78 is 14.1. The Balaban J connectivity index is 1.43. The number of benzene rings is 2. The fourth-order valence-electron chi connectivity index (χ4n) is 6.39. The standard InChI is InChI=1S/C33H32FN3O7/c1-2-20-16-24-31(33(42)36(32(24)41)22-6-5-7-23(17-22)37(43)44)25(18-38)30(20)29(40)12-10-21(27-8-3-4-13-35-27)14-19-9-11-28(39)26(34)15-19/h3-9,11,13-15,17,24-25,29,31,38-40H,2,10,12,16,18H2,1H3/b21-14-/t24-,25+,29-,31-/m1/s1. The summed E-state index contributed by atoms with van der Waals surface area (Å²) in [5.41, 5.74) is 2.95. The quantitative estimate of drug-likeness (QED) is 0.126. The van der Waals surface area contributed by atoms with Crippen LogP contribution in [0.3, 0.4) is 0 Å². The summed E-state index contributed by atoms with van der Waals surface area (Å²) in [5, 5.41) is 43.0. The third kappa shape index (κ3) is 5.88. The first-order chi connectivity index (χ1) is 21.1. The number of phenolic OH excluding ortho intramolecular Hbond substituents is 1. The zero-order valence-electron chi connectivity index (χ0n) is 24.0. The topological polar surface area (TPSA) is 154 Å². The highest BCUT2D eigenvalue weighted by molar-refractivity contribution is 6.22. The lowest BCUT2D eigenvalue weighted by molar-refractivity contribution is -0.384. The van der Waals surface area contributed by atoms with Gasteiger partial charge < -0.3 is 15.3 Å². The van der Waals surface area contributed by atoms with Gasteiger partial charge in [-0.15, -0.1) is 0 Å². The Bertz CT molecular complexity index is 1660. The van der Waals surface area contributed by atoms with E-state index in [1.807, 2.05) is 6.92 Å². The maximum atomic E-state index is 14.1. The highest BCUT2D eigenvalue weighted by Crippen LogP contribution is 2.48. The van der Waals surface area contributed by atoms with Crippen LogP contribution in [0, 0.1) is 33.7 Å². The lowest BCUT2D eigenvalue weighted by Crippen LogP contribution is -2.39. The van der Waals surface area contributed by atoms with Crippen LogP contribution < -0.4 is 4.90 Å². The fourth-order valence-corrected chi connectivity index (χ4v) is 6.39. The number of nitrogens with zero attached hydrogens (tertiary/aromatic N) is 3. The van der Waals surface area contributed by atoms with Crippen LogP contribution in [-0.4, -0.2) is 49.8 Å². The van der Waals surface area contributed by atoms with Crippen LogP contribution >= 0.6 is 0 Å². The van der Waals surface area contributed by atoms with E-state index in [9.17, 15) is 39.4 Å². The molecule has 0 spiro atoms. The Kier molecular flexibility index (Phi) is 8.98. The molecule has 11 heteroatoms. The number of carbonyl (C=O) groups is 2. The first-order valence-electron chi connectivity index (χ1n) is 14.4. The number of aromatic nitrogens is 1. The maximum absolute atomic E-state index is 14.1. The molecule has 1 aromatic heterocycles. The smallest absolute Gasteiger partial charge is 0.271 e. The van der Waals surface area contributed by atoms with Crippen LogP contribution in [0.1, 0.15) is 43.9 Å². The lowest BCUT2D eigenvalue weighted by atomic mass is 9.67. The number of aliphatic hydroxyl groups excluding tert-OH is 2. The highest BCUT2D eigenvalue weighted by Gasteiger charge is 2.55. The van der Waals surface area contributed by atoms with E-state index in [-0.39, 0.29) is 24.2 Å². The minimum absolute atomic E-state index is 0.0937. The van der Waals surface area contributed by atoms with Gasteiger partial charge in [-0.1, -0.05) is 30.7 Å². The summed E-state index contributed by atoms with van der Waals surface area (Å²) in [7, 11) is 0. The van der Waals surface area contributed by atoms with Crippen molar-refractivity contribution in [3.63, 3.8) is 0 Å². The molecule has 10 nitrogen and oxygen atoms in total.